The molecule has 0 spiro atoms. The van der Waals surface area contributed by atoms with Crippen LogP contribution in [0.4, 0.5) is 0 Å². The van der Waals surface area contributed by atoms with Gasteiger partial charge in [-0.25, -0.2) is 0 Å². The molecule has 2 aliphatic rings. The summed E-state index contributed by atoms with van der Waals surface area (Å²) in [5, 5.41) is 14.9. The van der Waals surface area contributed by atoms with Crippen LogP contribution in [0.1, 0.15) is 17.5 Å². The average molecular weight is 313 g/mol. The predicted molar refractivity (Wildman–Crippen MR) is 87.1 cm³/mol. The molecule has 6 heteroatoms. The summed E-state index contributed by atoms with van der Waals surface area (Å²) >= 11 is 6.59. The smallest absolute Gasteiger partial charge is 0.273 e. The maximum absolute atomic E-state index is 11.6. The monoisotopic (exact) mass is 313 g/mol. The van der Waals surface area contributed by atoms with Crippen molar-refractivity contribution in [3.05, 3.63) is 53.2 Å². The zero-order valence-electron chi connectivity index (χ0n) is 10.9. The van der Waals surface area contributed by atoms with E-state index in [1.807, 2.05) is 24.3 Å². The van der Waals surface area contributed by atoms with Crippen molar-refractivity contribution < 1.29 is 4.79 Å². The van der Waals surface area contributed by atoms with Crippen LogP contribution in [-0.2, 0) is 4.79 Å². The minimum atomic E-state index is -0.180. The van der Waals surface area contributed by atoms with Crippen LogP contribution in [0.2, 0.25) is 0 Å². The number of hydrogen-bond acceptors (Lipinski definition) is 4. The third kappa shape index (κ3) is 2.99. The number of nitrogens with one attached hydrogen (secondary N) is 2. The van der Waals surface area contributed by atoms with Gasteiger partial charge in [0.15, 0.2) is 5.11 Å². The van der Waals surface area contributed by atoms with E-state index < -0.39 is 0 Å². The Hall–Kier alpha value is -2.10. The summed E-state index contributed by atoms with van der Waals surface area (Å²) in [5.41, 5.74) is 2.20. The van der Waals surface area contributed by atoms with E-state index in [4.69, 9.17) is 17.5 Å². The summed E-state index contributed by atoms with van der Waals surface area (Å²) in [6.45, 7) is 0. The molecule has 104 valence electrons. The van der Waals surface area contributed by atoms with Crippen molar-refractivity contribution in [2.45, 2.75) is 11.7 Å². The van der Waals surface area contributed by atoms with Gasteiger partial charge in [-0.05, 0) is 42.4 Å². The molecular formula is C15H11N3OS2. The number of allylic oxidation sites excluding steroid dienone is 1. The molecule has 21 heavy (non-hydrogen) atoms. The van der Waals surface area contributed by atoms with Gasteiger partial charge in [0.2, 0.25) is 0 Å². The second kappa shape index (κ2) is 5.72. The molecule has 0 radical (unpaired) electrons. The van der Waals surface area contributed by atoms with Crippen molar-refractivity contribution in [3.63, 3.8) is 0 Å². The van der Waals surface area contributed by atoms with Crippen LogP contribution in [0.15, 0.2) is 42.1 Å². The van der Waals surface area contributed by atoms with E-state index in [-0.39, 0.29) is 11.2 Å². The second-order valence-corrected chi connectivity index (χ2v) is 6.33. The normalized spacial score (nSPS) is 22.7. The van der Waals surface area contributed by atoms with E-state index >= 15 is 0 Å². The highest BCUT2D eigenvalue weighted by Crippen LogP contribution is 2.40. The van der Waals surface area contributed by atoms with E-state index in [2.05, 4.69) is 22.8 Å². The third-order valence-electron chi connectivity index (χ3n) is 3.16. The molecule has 3 rings (SSSR count). The number of carbonyl (C=O) groups excluding carboxylic acids is 1. The van der Waals surface area contributed by atoms with E-state index in [0.29, 0.717) is 16.4 Å². The number of nitriles is 1. The van der Waals surface area contributed by atoms with Crippen molar-refractivity contribution in [2.75, 3.05) is 0 Å². The lowest BCUT2D eigenvalue weighted by Gasteiger charge is -2.06. The first-order valence-electron chi connectivity index (χ1n) is 6.37. The summed E-state index contributed by atoms with van der Waals surface area (Å²) in [5.74, 6) is -0.180. The number of rotatable bonds is 2. The summed E-state index contributed by atoms with van der Waals surface area (Å²) < 4.78 is 0. The molecule has 1 fully saturated rings. The van der Waals surface area contributed by atoms with Gasteiger partial charge in [0.05, 0.1) is 11.6 Å². The maximum atomic E-state index is 11.6. The number of amides is 1. The summed E-state index contributed by atoms with van der Waals surface area (Å²) in [6, 6.07) is 9.68. The van der Waals surface area contributed by atoms with Gasteiger partial charge in [0, 0.05) is 10.2 Å². The maximum Gasteiger partial charge on any atom is 0.273 e. The Labute approximate surface area is 131 Å². The Morgan fingerprint density at radius 1 is 1.43 bits per heavy atom. The fourth-order valence-electron chi connectivity index (χ4n) is 2.20. The number of thiocarbonyl (C=S) groups is 1. The summed E-state index contributed by atoms with van der Waals surface area (Å²) in [4.78, 5) is 12.7. The lowest BCUT2D eigenvalue weighted by molar-refractivity contribution is -0.115. The van der Waals surface area contributed by atoms with Crippen molar-refractivity contribution in [1.82, 2.24) is 10.6 Å². The van der Waals surface area contributed by atoms with Gasteiger partial charge in [-0.15, -0.1) is 11.8 Å². The molecule has 1 amide bonds. The molecule has 1 aromatic carbocycles. The van der Waals surface area contributed by atoms with Gasteiger partial charge in [0.1, 0.15) is 5.70 Å². The lowest BCUT2D eigenvalue weighted by Crippen LogP contribution is -2.21. The van der Waals surface area contributed by atoms with Crippen LogP contribution in [-0.4, -0.2) is 16.3 Å². The fourth-order valence-corrected chi connectivity index (χ4v) is 3.58. The van der Waals surface area contributed by atoms with Crippen LogP contribution in [0.3, 0.4) is 0 Å². The summed E-state index contributed by atoms with van der Waals surface area (Å²) in [7, 11) is 0. The zero-order chi connectivity index (χ0) is 14.8. The predicted octanol–water partition coefficient (Wildman–Crippen LogP) is 2.29. The minimum absolute atomic E-state index is 0.180. The van der Waals surface area contributed by atoms with Gasteiger partial charge in [-0.3, -0.25) is 10.1 Å². The van der Waals surface area contributed by atoms with Crippen LogP contribution >= 0.6 is 24.0 Å². The number of thioether (sulfide) groups is 1. The molecule has 1 atom stereocenters. The number of nitrogens with zero attached hydrogens (tertiary/aromatic N) is 1. The molecule has 2 heterocycles. The first kappa shape index (κ1) is 13.9. The molecule has 1 saturated heterocycles. The Balaban J connectivity index is 1.73. The third-order valence-corrected chi connectivity index (χ3v) is 4.65. The van der Waals surface area contributed by atoms with Gasteiger partial charge >= 0.3 is 0 Å². The topological polar surface area (TPSA) is 64.9 Å². The van der Waals surface area contributed by atoms with Crippen LogP contribution < -0.4 is 10.6 Å². The number of benzene rings is 1. The van der Waals surface area contributed by atoms with Crippen LogP contribution in [0.25, 0.3) is 4.91 Å². The molecule has 0 aliphatic carbocycles. The first-order chi connectivity index (χ1) is 10.2. The van der Waals surface area contributed by atoms with Gasteiger partial charge in [0.25, 0.3) is 5.91 Å². The number of carbonyl (C=O) groups is 1. The average Bonchev–Trinajstić information content (AvgIpc) is 3.06. The lowest BCUT2D eigenvalue weighted by atomic mass is 10.1. The minimum Gasteiger partial charge on any atom is -0.328 e. The Morgan fingerprint density at radius 2 is 2.29 bits per heavy atom. The molecule has 1 unspecified atom stereocenters. The quantitative estimate of drug-likeness (QED) is 0.648. The van der Waals surface area contributed by atoms with Gasteiger partial charge in [-0.1, -0.05) is 18.2 Å². The van der Waals surface area contributed by atoms with E-state index in [1.165, 1.54) is 0 Å². The molecular weight excluding hydrogens is 302 g/mol. The molecule has 0 saturated carbocycles. The molecule has 2 aliphatic heterocycles. The van der Waals surface area contributed by atoms with Crippen molar-refractivity contribution in [3.8, 4) is 6.07 Å². The van der Waals surface area contributed by atoms with Gasteiger partial charge in [-0.2, -0.15) is 5.26 Å². The van der Waals surface area contributed by atoms with E-state index in [9.17, 15) is 4.79 Å². The van der Waals surface area contributed by atoms with Crippen LogP contribution in [0.5, 0.6) is 0 Å². The molecule has 2 N–H and O–H groups in total. The Bertz CT molecular complexity index is 731. The largest absolute Gasteiger partial charge is 0.328 e. The van der Waals surface area contributed by atoms with E-state index in [0.717, 1.165) is 16.9 Å². The second-order valence-electron chi connectivity index (χ2n) is 4.64. The highest BCUT2D eigenvalue weighted by molar-refractivity contribution is 8.09. The summed E-state index contributed by atoms with van der Waals surface area (Å²) in [6.07, 6.45) is 4.88. The highest BCUT2D eigenvalue weighted by Gasteiger charge is 2.24. The Kier molecular flexibility index (Phi) is 3.78. The van der Waals surface area contributed by atoms with Gasteiger partial charge < -0.3 is 5.32 Å². The van der Waals surface area contributed by atoms with Crippen molar-refractivity contribution >= 4 is 39.9 Å². The standard InChI is InChI=1S/C15H11N3OS2/c16-8-9-2-1-3-10(6-9)13-5-4-11(21-13)7-12-14(19)18-15(20)17-12/h1-3,5-7,11H,4H2,(H2,17,18,19,20)/b12-7+. The SMILES string of the molecule is N#Cc1cccc(C2=CCC(/C=C3/NC(=S)NC3=O)S2)c1. The first-order valence-corrected chi connectivity index (χ1v) is 7.66. The van der Waals surface area contributed by atoms with Crippen LogP contribution in [0, 0.1) is 11.3 Å². The van der Waals surface area contributed by atoms with E-state index in [1.54, 1.807) is 17.8 Å². The molecule has 1 aromatic rings. The molecule has 0 bridgehead atoms. The highest BCUT2D eigenvalue weighted by atomic mass is 32.2. The van der Waals surface area contributed by atoms with Crippen molar-refractivity contribution in [1.29, 1.82) is 5.26 Å². The van der Waals surface area contributed by atoms with Crippen molar-refractivity contribution in [2.24, 2.45) is 0 Å². The number of hydrogen-bond donors (Lipinski definition) is 2. The molecule has 0 aromatic heterocycles. The fraction of sp³-hybridized carbons (Fsp3) is 0.133. The molecule has 4 nitrogen and oxygen atoms in total. The Morgan fingerprint density at radius 3 is 3.00 bits per heavy atom. The zero-order valence-corrected chi connectivity index (χ0v) is 12.6.